The number of aromatic nitrogens is 2. The largest absolute Gasteiger partial charge is 0.369 e. The minimum absolute atomic E-state index is 0.0217. The highest BCUT2D eigenvalue weighted by Gasteiger charge is 2.17. The van der Waals surface area contributed by atoms with E-state index in [0.717, 1.165) is 25.8 Å². The molecule has 1 aromatic carbocycles. The molecule has 0 bridgehead atoms. The van der Waals surface area contributed by atoms with Crippen molar-refractivity contribution in [3.8, 4) is 0 Å². The van der Waals surface area contributed by atoms with E-state index in [1.165, 1.54) is 6.07 Å². The van der Waals surface area contributed by atoms with Gasteiger partial charge in [0.25, 0.3) is 0 Å². The number of nitrogens with one attached hydrogen (secondary N) is 1. The molecule has 124 valence electrons. The van der Waals surface area contributed by atoms with Gasteiger partial charge in [-0.15, -0.1) is 10.2 Å². The molecule has 0 unspecified atom stereocenters. The third-order valence-corrected chi connectivity index (χ3v) is 5.14. The second kappa shape index (κ2) is 8.26. The predicted octanol–water partition coefficient (Wildman–Crippen LogP) is 3.71. The van der Waals surface area contributed by atoms with E-state index in [-0.39, 0.29) is 10.8 Å². The number of halogens is 1. The number of anilines is 1. The van der Waals surface area contributed by atoms with Crippen LogP contribution in [-0.2, 0) is 15.6 Å². The summed E-state index contributed by atoms with van der Waals surface area (Å²) in [6, 6.07) is 9.85. The summed E-state index contributed by atoms with van der Waals surface area (Å²) in [5.41, 5.74) is 0.665. The van der Waals surface area contributed by atoms with E-state index in [1.807, 2.05) is 0 Å². The van der Waals surface area contributed by atoms with Crippen LogP contribution in [0.5, 0.6) is 0 Å². The summed E-state index contributed by atoms with van der Waals surface area (Å²) >= 11 is 5.80. The summed E-state index contributed by atoms with van der Waals surface area (Å²) in [5, 5.41) is 11.5. The monoisotopic (exact) mass is 353 g/mol. The Kier molecular flexibility index (Phi) is 6.36. The van der Waals surface area contributed by atoms with Crippen molar-refractivity contribution in [3.63, 3.8) is 0 Å². The maximum absolute atomic E-state index is 12.3. The van der Waals surface area contributed by atoms with Crippen molar-refractivity contribution in [3.05, 3.63) is 47.0 Å². The minimum atomic E-state index is -3.52. The van der Waals surface area contributed by atoms with E-state index in [0.29, 0.717) is 16.4 Å². The number of hydrogen-bond donors (Lipinski definition) is 1. The quantitative estimate of drug-likeness (QED) is 0.732. The van der Waals surface area contributed by atoms with Gasteiger partial charge in [0.05, 0.1) is 5.75 Å². The lowest BCUT2D eigenvalue weighted by Gasteiger charge is -2.06. The molecule has 0 saturated heterocycles. The highest BCUT2D eigenvalue weighted by molar-refractivity contribution is 7.90. The number of sulfone groups is 1. The van der Waals surface area contributed by atoms with Crippen LogP contribution in [0.4, 0.5) is 5.82 Å². The van der Waals surface area contributed by atoms with Gasteiger partial charge in [0.1, 0.15) is 5.82 Å². The maximum atomic E-state index is 12.3. The Bertz CT molecular complexity index is 716. The van der Waals surface area contributed by atoms with E-state index < -0.39 is 9.84 Å². The Morgan fingerprint density at radius 3 is 2.39 bits per heavy atom. The molecule has 5 nitrogen and oxygen atoms in total. The van der Waals surface area contributed by atoms with Gasteiger partial charge in [-0.1, -0.05) is 43.5 Å². The van der Waals surface area contributed by atoms with Gasteiger partial charge in [0, 0.05) is 11.6 Å². The van der Waals surface area contributed by atoms with Gasteiger partial charge in [-0.05, 0) is 36.2 Å². The number of benzene rings is 1. The molecule has 0 radical (unpaired) electrons. The molecule has 0 spiro atoms. The third-order valence-electron chi connectivity index (χ3n) is 3.32. The predicted molar refractivity (Wildman–Crippen MR) is 92.4 cm³/mol. The molecule has 2 aromatic rings. The van der Waals surface area contributed by atoms with Crippen LogP contribution in [0.3, 0.4) is 0 Å². The molecule has 0 aliphatic carbocycles. The van der Waals surface area contributed by atoms with Crippen LogP contribution < -0.4 is 5.32 Å². The van der Waals surface area contributed by atoms with Crippen LogP contribution in [0.1, 0.15) is 31.7 Å². The number of unbranched alkanes of at least 4 members (excludes halogenated alkanes) is 2. The van der Waals surface area contributed by atoms with E-state index in [9.17, 15) is 8.42 Å². The molecule has 1 aromatic heterocycles. The normalized spacial score (nSPS) is 11.4. The second-order valence-electron chi connectivity index (χ2n) is 5.28. The molecule has 1 N–H and O–H groups in total. The van der Waals surface area contributed by atoms with Gasteiger partial charge in [-0.25, -0.2) is 8.42 Å². The average Bonchev–Trinajstić information content (AvgIpc) is 2.54. The molecular formula is C16H20ClN3O2S. The van der Waals surface area contributed by atoms with Crippen LogP contribution in [-0.4, -0.2) is 25.2 Å². The van der Waals surface area contributed by atoms with E-state index in [2.05, 4.69) is 22.4 Å². The first-order valence-electron chi connectivity index (χ1n) is 7.56. The summed E-state index contributed by atoms with van der Waals surface area (Å²) in [6.45, 7) is 2.94. The van der Waals surface area contributed by atoms with Gasteiger partial charge >= 0.3 is 0 Å². The topological polar surface area (TPSA) is 72.0 Å². The van der Waals surface area contributed by atoms with Crippen molar-refractivity contribution in [2.45, 2.75) is 37.0 Å². The highest BCUT2D eigenvalue weighted by Crippen LogP contribution is 2.17. The van der Waals surface area contributed by atoms with Crippen LogP contribution in [0, 0.1) is 0 Å². The molecule has 0 fully saturated rings. The average molecular weight is 354 g/mol. The summed E-state index contributed by atoms with van der Waals surface area (Å²) in [5.74, 6) is 0.467. The van der Waals surface area contributed by atoms with E-state index in [4.69, 9.17) is 11.6 Å². The molecule has 23 heavy (non-hydrogen) atoms. The fourth-order valence-electron chi connectivity index (χ4n) is 2.05. The lowest BCUT2D eigenvalue weighted by molar-refractivity contribution is 0.589. The van der Waals surface area contributed by atoms with Crippen LogP contribution >= 0.6 is 11.6 Å². The first-order chi connectivity index (χ1) is 11.0. The Labute approximate surface area is 142 Å². The molecule has 0 atom stereocenters. The van der Waals surface area contributed by atoms with Gasteiger partial charge in [0.2, 0.25) is 9.84 Å². The fraction of sp³-hybridized carbons (Fsp3) is 0.375. The zero-order valence-electron chi connectivity index (χ0n) is 13.0. The van der Waals surface area contributed by atoms with Crippen molar-refractivity contribution in [2.24, 2.45) is 0 Å². The van der Waals surface area contributed by atoms with Crippen LogP contribution in [0.15, 0.2) is 41.4 Å². The van der Waals surface area contributed by atoms with Crippen molar-refractivity contribution in [1.82, 2.24) is 10.2 Å². The van der Waals surface area contributed by atoms with Gasteiger partial charge in [-0.3, -0.25) is 0 Å². The van der Waals surface area contributed by atoms with Crippen molar-refractivity contribution >= 4 is 27.3 Å². The van der Waals surface area contributed by atoms with Gasteiger partial charge in [-0.2, -0.15) is 0 Å². The lowest BCUT2D eigenvalue weighted by atomic mass is 10.2. The molecule has 0 aliphatic heterocycles. The molecule has 1 heterocycles. The van der Waals surface area contributed by atoms with Gasteiger partial charge in [0.15, 0.2) is 5.03 Å². The van der Waals surface area contributed by atoms with Crippen molar-refractivity contribution < 1.29 is 8.42 Å². The fourth-order valence-corrected chi connectivity index (χ4v) is 3.39. The Morgan fingerprint density at radius 2 is 1.78 bits per heavy atom. The molecule has 0 amide bonds. The smallest absolute Gasteiger partial charge is 0.201 e. The molecule has 7 heteroatoms. The van der Waals surface area contributed by atoms with Crippen molar-refractivity contribution in [2.75, 3.05) is 11.9 Å². The summed E-state index contributed by atoms with van der Waals surface area (Å²) in [7, 11) is -3.52. The number of nitrogens with zero attached hydrogens (tertiary/aromatic N) is 2. The van der Waals surface area contributed by atoms with Crippen LogP contribution in [0.25, 0.3) is 0 Å². The Balaban J connectivity index is 2.01. The zero-order chi connectivity index (χ0) is 16.7. The first-order valence-corrected chi connectivity index (χ1v) is 9.59. The molecule has 0 aliphatic rings. The maximum Gasteiger partial charge on any atom is 0.201 e. The standard InChI is InChI=1S/C16H20ClN3O2S/c1-2-3-4-11-18-15-9-10-16(20-19-15)23(21,22)12-13-5-7-14(17)8-6-13/h5-10H,2-4,11-12H2,1H3,(H,18,19). The SMILES string of the molecule is CCCCCNc1ccc(S(=O)(=O)Cc2ccc(Cl)cc2)nn1. The zero-order valence-corrected chi connectivity index (χ0v) is 14.6. The number of hydrogen-bond acceptors (Lipinski definition) is 5. The minimum Gasteiger partial charge on any atom is -0.369 e. The van der Waals surface area contributed by atoms with E-state index >= 15 is 0 Å². The van der Waals surface area contributed by atoms with E-state index in [1.54, 1.807) is 30.3 Å². The van der Waals surface area contributed by atoms with Gasteiger partial charge < -0.3 is 5.32 Å². The summed E-state index contributed by atoms with van der Waals surface area (Å²) < 4.78 is 24.7. The Hall–Kier alpha value is -1.66. The first kappa shape index (κ1) is 17.7. The summed E-state index contributed by atoms with van der Waals surface area (Å²) in [6.07, 6.45) is 3.35. The third kappa shape index (κ3) is 5.48. The lowest BCUT2D eigenvalue weighted by Crippen LogP contribution is -2.10. The number of rotatable bonds is 8. The molecule has 2 rings (SSSR count). The molecule has 0 saturated carbocycles. The highest BCUT2D eigenvalue weighted by atomic mass is 35.5. The second-order valence-corrected chi connectivity index (χ2v) is 7.65. The molecular weight excluding hydrogens is 334 g/mol. The summed E-state index contributed by atoms with van der Waals surface area (Å²) in [4.78, 5) is 0. The van der Waals surface area contributed by atoms with Crippen molar-refractivity contribution in [1.29, 1.82) is 0 Å². The Morgan fingerprint density at radius 1 is 1.04 bits per heavy atom. The van der Waals surface area contributed by atoms with Crippen LogP contribution in [0.2, 0.25) is 5.02 Å².